The number of rotatable bonds is 2. The summed E-state index contributed by atoms with van der Waals surface area (Å²) in [5.74, 6) is 0. The fourth-order valence-corrected chi connectivity index (χ4v) is 1.16. The molecular formula is C8H9NO2S. The molecule has 4 heteroatoms. The number of nitrogens with zero attached hydrogens (tertiary/aromatic N) is 1. The highest BCUT2D eigenvalue weighted by atomic mass is 32.1. The molecule has 0 aliphatic carbocycles. The molecule has 0 heterocycles. The summed E-state index contributed by atoms with van der Waals surface area (Å²) < 4.78 is 0. The predicted molar refractivity (Wildman–Crippen MR) is 49.7 cm³/mol. The van der Waals surface area contributed by atoms with Crippen LogP contribution in [0.2, 0.25) is 0 Å². The van der Waals surface area contributed by atoms with Crippen LogP contribution in [0.4, 0.5) is 5.69 Å². The second-order valence-corrected chi connectivity index (χ2v) is 2.92. The largest absolute Gasteiger partial charge is 0.282 e. The Morgan fingerprint density at radius 1 is 1.58 bits per heavy atom. The minimum absolute atomic E-state index is 0.0812. The number of hydrogen-bond acceptors (Lipinski definition) is 3. The maximum Gasteiger partial charge on any atom is 0.282 e. The Labute approximate surface area is 76.0 Å². The molecule has 0 aliphatic rings. The maximum absolute atomic E-state index is 10.4. The molecule has 0 N–H and O–H groups in total. The van der Waals surface area contributed by atoms with Crippen LogP contribution in [0.1, 0.15) is 12.5 Å². The van der Waals surface area contributed by atoms with Crippen molar-refractivity contribution >= 4 is 18.3 Å². The van der Waals surface area contributed by atoms with E-state index in [0.29, 0.717) is 4.90 Å². The van der Waals surface area contributed by atoms with Gasteiger partial charge in [-0.25, -0.2) is 0 Å². The van der Waals surface area contributed by atoms with Crippen LogP contribution in [0.5, 0.6) is 0 Å². The van der Waals surface area contributed by atoms with E-state index in [4.69, 9.17) is 0 Å². The molecule has 0 unspecified atom stereocenters. The summed E-state index contributed by atoms with van der Waals surface area (Å²) in [5.41, 5.74) is 1.04. The second kappa shape index (κ2) is 3.58. The quantitative estimate of drug-likeness (QED) is 0.434. The number of hydrogen-bond donors (Lipinski definition) is 1. The van der Waals surface area contributed by atoms with Gasteiger partial charge in [-0.3, -0.25) is 10.1 Å². The van der Waals surface area contributed by atoms with Gasteiger partial charge in [0.2, 0.25) is 0 Å². The van der Waals surface area contributed by atoms with Crippen LogP contribution in [0, 0.1) is 10.1 Å². The van der Waals surface area contributed by atoms with Crippen molar-refractivity contribution in [2.24, 2.45) is 0 Å². The Balaban J connectivity index is 3.17. The molecule has 12 heavy (non-hydrogen) atoms. The molecule has 0 spiro atoms. The van der Waals surface area contributed by atoms with Gasteiger partial charge in [0.05, 0.1) is 9.82 Å². The van der Waals surface area contributed by atoms with Crippen LogP contribution in [0.3, 0.4) is 0 Å². The lowest BCUT2D eigenvalue weighted by atomic mass is 10.1. The topological polar surface area (TPSA) is 43.1 Å². The number of aryl methyl sites for hydroxylation is 1. The molecule has 1 aromatic carbocycles. The Bertz CT molecular complexity index is 312. The average molecular weight is 183 g/mol. The predicted octanol–water partition coefficient (Wildman–Crippen LogP) is 2.45. The minimum atomic E-state index is -0.415. The van der Waals surface area contributed by atoms with Crippen molar-refractivity contribution in [2.75, 3.05) is 0 Å². The molecule has 3 nitrogen and oxygen atoms in total. The summed E-state index contributed by atoms with van der Waals surface area (Å²) in [6.07, 6.45) is 0.800. The minimum Gasteiger partial charge on any atom is -0.258 e. The van der Waals surface area contributed by atoms with Crippen LogP contribution in [-0.4, -0.2) is 4.92 Å². The van der Waals surface area contributed by atoms with E-state index >= 15 is 0 Å². The third kappa shape index (κ3) is 1.76. The van der Waals surface area contributed by atoms with Gasteiger partial charge in [-0.1, -0.05) is 13.0 Å². The normalized spacial score (nSPS) is 9.83. The molecule has 0 atom stereocenters. The Kier molecular flexibility index (Phi) is 2.70. The number of thiol groups is 1. The van der Waals surface area contributed by atoms with Gasteiger partial charge in [0.25, 0.3) is 5.69 Å². The lowest BCUT2D eigenvalue weighted by molar-refractivity contribution is -0.387. The highest BCUT2D eigenvalue weighted by Crippen LogP contribution is 2.23. The Hall–Kier alpha value is -1.03. The zero-order valence-corrected chi connectivity index (χ0v) is 7.54. The van der Waals surface area contributed by atoms with Gasteiger partial charge in [0.15, 0.2) is 0 Å². The van der Waals surface area contributed by atoms with E-state index in [2.05, 4.69) is 12.6 Å². The third-order valence-electron chi connectivity index (χ3n) is 1.64. The Morgan fingerprint density at radius 3 is 2.75 bits per heavy atom. The van der Waals surface area contributed by atoms with Crippen molar-refractivity contribution in [2.45, 2.75) is 18.2 Å². The fourth-order valence-electron chi connectivity index (χ4n) is 0.935. The van der Waals surface area contributed by atoms with E-state index < -0.39 is 4.92 Å². The van der Waals surface area contributed by atoms with E-state index in [9.17, 15) is 10.1 Å². The third-order valence-corrected chi connectivity index (χ3v) is 2.02. The second-order valence-electron chi connectivity index (χ2n) is 2.43. The molecule has 0 aromatic heterocycles. The van der Waals surface area contributed by atoms with Crippen LogP contribution in [-0.2, 0) is 6.42 Å². The van der Waals surface area contributed by atoms with Crippen molar-refractivity contribution in [3.05, 3.63) is 33.9 Å². The summed E-state index contributed by atoms with van der Waals surface area (Å²) in [7, 11) is 0. The van der Waals surface area contributed by atoms with Crippen molar-refractivity contribution in [3.63, 3.8) is 0 Å². The summed E-state index contributed by atoms with van der Waals surface area (Å²) >= 11 is 3.98. The molecule has 64 valence electrons. The molecule has 0 saturated heterocycles. The summed E-state index contributed by atoms with van der Waals surface area (Å²) in [6, 6.07) is 5.05. The smallest absolute Gasteiger partial charge is 0.258 e. The first-order valence-electron chi connectivity index (χ1n) is 3.61. The monoisotopic (exact) mass is 183 g/mol. The van der Waals surface area contributed by atoms with E-state index in [-0.39, 0.29) is 5.69 Å². The summed E-state index contributed by atoms with van der Waals surface area (Å²) in [4.78, 5) is 10.4. The fraction of sp³-hybridized carbons (Fsp3) is 0.250. The van der Waals surface area contributed by atoms with Crippen LogP contribution in [0.15, 0.2) is 23.1 Å². The molecule has 0 amide bonds. The van der Waals surface area contributed by atoms with E-state index in [1.807, 2.05) is 13.0 Å². The standard InChI is InChI=1S/C8H9NO2S/c1-2-6-3-4-8(12)7(5-6)9(10)11/h3-5,12H,2H2,1H3. The molecule has 1 aromatic rings. The van der Waals surface area contributed by atoms with E-state index in [1.165, 1.54) is 0 Å². The van der Waals surface area contributed by atoms with Crippen molar-refractivity contribution in [1.82, 2.24) is 0 Å². The SMILES string of the molecule is CCc1ccc(S)c([N+](=O)[O-])c1. The molecule has 0 fully saturated rings. The molecule has 0 aliphatic heterocycles. The van der Waals surface area contributed by atoms with Gasteiger partial charge in [-0.2, -0.15) is 0 Å². The first-order valence-corrected chi connectivity index (χ1v) is 4.06. The molecular weight excluding hydrogens is 174 g/mol. The first-order chi connectivity index (χ1) is 5.65. The van der Waals surface area contributed by atoms with Crippen molar-refractivity contribution < 1.29 is 4.92 Å². The van der Waals surface area contributed by atoms with E-state index in [1.54, 1.807) is 12.1 Å². The van der Waals surface area contributed by atoms with Gasteiger partial charge in [-0.05, 0) is 18.1 Å². The lowest BCUT2D eigenvalue weighted by Crippen LogP contribution is -1.91. The van der Waals surface area contributed by atoms with Crippen LogP contribution in [0.25, 0.3) is 0 Å². The number of benzene rings is 1. The van der Waals surface area contributed by atoms with Crippen molar-refractivity contribution in [3.8, 4) is 0 Å². The summed E-state index contributed by atoms with van der Waals surface area (Å²) in [6.45, 7) is 1.96. The van der Waals surface area contributed by atoms with Gasteiger partial charge < -0.3 is 0 Å². The summed E-state index contributed by atoms with van der Waals surface area (Å²) in [5, 5.41) is 10.4. The number of nitro benzene ring substituents is 1. The molecule has 0 bridgehead atoms. The van der Waals surface area contributed by atoms with Crippen molar-refractivity contribution in [1.29, 1.82) is 0 Å². The molecule has 0 radical (unpaired) electrons. The lowest BCUT2D eigenvalue weighted by Gasteiger charge is -1.98. The van der Waals surface area contributed by atoms with Gasteiger partial charge in [0, 0.05) is 6.07 Å². The van der Waals surface area contributed by atoms with Gasteiger partial charge in [-0.15, -0.1) is 12.6 Å². The maximum atomic E-state index is 10.4. The zero-order chi connectivity index (χ0) is 9.14. The van der Waals surface area contributed by atoms with Crippen LogP contribution >= 0.6 is 12.6 Å². The average Bonchev–Trinajstić information content (AvgIpc) is 2.05. The van der Waals surface area contributed by atoms with Crippen LogP contribution < -0.4 is 0 Å². The highest BCUT2D eigenvalue weighted by Gasteiger charge is 2.10. The van der Waals surface area contributed by atoms with E-state index in [0.717, 1.165) is 12.0 Å². The highest BCUT2D eigenvalue weighted by molar-refractivity contribution is 7.80. The molecule has 1 rings (SSSR count). The van der Waals surface area contributed by atoms with Gasteiger partial charge in [0.1, 0.15) is 0 Å². The first kappa shape index (κ1) is 9.06. The van der Waals surface area contributed by atoms with Gasteiger partial charge >= 0.3 is 0 Å². The molecule has 0 saturated carbocycles. The number of nitro groups is 1. The Morgan fingerprint density at radius 2 is 2.25 bits per heavy atom. The zero-order valence-electron chi connectivity index (χ0n) is 6.65.